The van der Waals surface area contributed by atoms with E-state index in [4.69, 9.17) is 5.11 Å². The summed E-state index contributed by atoms with van der Waals surface area (Å²) >= 11 is 1.76. The second-order valence-corrected chi connectivity index (χ2v) is 4.65. The Kier molecular flexibility index (Phi) is 5.63. The number of aliphatic hydroxyl groups is 1. The summed E-state index contributed by atoms with van der Waals surface area (Å²) in [4.78, 5) is 0. The molecule has 1 heterocycles. The summed E-state index contributed by atoms with van der Waals surface area (Å²) in [5, 5.41) is 20.4. The Hall–Kier alpha value is -0.620. The fraction of sp³-hybridized carbons (Fsp3) is 0.889. The van der Waals surface area contributed by atoms with Gasteiger partial charge in [-0.15, -0.1) is 5.10 Å². The monoisotopic (exact) mass is 230 g/mol. The van der Waals surface area contributed by atoms with Crippen LogP contribution in [0.3, 0.4) is 0 Å². The van der Waals surface area contributed by atoms with Crippen LogP contribution in [0.2, 0.25) is 0 Å². The highest BCUT2D eigenvalue weighted by molar-refractivity contribution is 7.98. The van der Waals surface area contributed by atoms with E-state index in [0.29, 0.717) is 5.92 Å². The number of aryl methyl sites for hydroxylation is 1. The van der Waals surface area contributed by atoms with E-state index in [-0.39, 0.29) is 6.61 Å². The van der Waals surface area contributed by atoms with Gasteiger partial charge in [0.05, 0.1) is 5.75 Å². The average Bonchev–Trinajstić information content (AvgIpc) is 2.66. The van der Waals surface area contributed by atoms with Gasteiger partial charge in [0.25, 0.3) is 0 Å². The molecule has 0 amide bonds. The molecule has 1 N–H and O–H groups in total. The Morgan fingerprint density at radius 2 is 2.33 bits per heavy atom. The van der Waals surface area contributed by atoms with Crippen molar-refractivity contribution in [3.05, 3.63) is 5.82 Å². The first kappa shape index (κ1) is 12.4. The van der Waals surface area contributed by atoms with Crippen LogP contribution in [-0.4, -0.2) is 37.7 Å². The minimum Gasteiger partial charge on any atom is -0.396 e. The number of tetrazole rings is 1. The van der Waals surface area contributed by atoms with E-state index >= 15 is 0 Å². The van der Waals surface area contributed by atoms with Gasteiger partial charge < -0.3 is 5.11 Å². The van der Waals surface area contributed by atoms with E-state index in [1.54, 1.807) is 11.8 Å². The molecular weight excluding hydrogens is 212 g/mol. The molecule has 5 nitrogen and oxygen atoms in total. The summed E-state index contributed by atoms with van der Waals surface area (Å²) in [7, 11) is 0. The van der Waals surface area contributed by atoms with Crippen LogP contribution in [0.15, 0.2) is 0 Å². The Morgan fingerprint density at radius 1 is 1.53 bits per heavy atom. The van der Waals surface area contributed by atoms with Crippen molar-refractivity contribution in [2.75, 3.05) is 12.4 Å². The summed E-state index contributed by atoms with van der Waals surface area (Å²) in [6.07, 6.45) is 1.04. The quantitative estimate of drug-likeness (QED) is 0.755. The first-order chi connectivity index (χ1) is 7.27. The molecular formula is C9H18N4OS. The van der Waals surface area contributed by atoms with E-state index in [2.05, 4.69) is 22.4 Å². The van der Waals surface area contributed by atoms with Crippen molar-refractivity contribution in [3.63, 3.8) is 0 Å². The van der Waals surface area contributed by atoms with Gasteiger partial charge in [-0.05, 0) is 28.5 Å². The van der Waals surface area contributed by atoms with Crippen molar-refractivity contribution in [1.29, 1.82) is 0 Å². The van der Waals surface area contributed by atoms with Crippen LogP contribution >= 0.6 is 11.8 Å². The smallest absolute Gasteiger partial charge is 0.161 e. The summed E-state index contributed by atoms with van der Waals surface area (Å²) < 4.78 is 1.84. The minimum absolute atomic E-state index is 0.243. The molecule has 6 heteroatoms. The molecule has 86 valence electrons. The van der Waals surface area contributed by atoms with Gasteiger partial charge in [-0.2, -0.15) is 11.8 Å². The number of thioether (sulfide) groups is 1. The molecule has 0 saturated carbocycles. The molecule has 1 unspecified atom stereocenters. The molecule has 0 spiro atoms. The Bertz CT molecular complexity index is 279. The maximum absolute atomic E-state index is 8.87. The summed E-state index contributed by atoms with van der Waals surface area (Å²) in [5.74, 6) is 3.02. The lowest BCUT2D eigenvalue weighted by Crippen LogP contribution is -2.07. The second kappa shape index (κ2) is 6.79. The van der Waals surface area contributed by atoms with Crippen molar-refractivity contribution in [2.45, 2.75) is 32.6 Å². The van der Waals surface area contributed by atoms with Crippen molar-refractivity contribution in [2.24, 2.45) is 5.92 Å². The highest BCUT2D eigenvalue weighted by Gasteiger charge is 2.06. The fourth-order valence-electron chi connectivity index (χ4n) is 1.12. The second-order valence-electron chi connectivity index (χ2n) is 3.62. The van der Waals surface area contributed by atoms with Crippen molar-refractivity contribution >= 4 is 11.8 Å². The van der Waals surface area contributed by atoms with Gasteiger partial charge in [0.1, 0.15) is 0 Å². The van der Waals surface area contributed by atoms with Gasteiger partial charge in [0.2, 0.25) is 0 Å². The summed E-state index contributed by atoms with van der Waals surface area (Å²) in [5.41, 5.74) is 0. The zero-order chi connectivity index (χ0) is 11.1. The molecule has 1 atom stereocenters. The van der Waals surface area contributed by atoms with Gasteiger partial charge in [-0.25, -0.2) is 4.68 Å². The number of rotatable bonds is 7. The molecule has 15 heavy (non-hydrogen) atoms. The van der Waals surface area contributed by atoms with Crippen molar-refractivity contribution in [1.82, 2.24) is 20.2 Å². The van der Waals surface area contributed by atoms with Gasteiger partial charge in [-0.1, -0.05) is 13.8 Å². The Labute approximate surface area is 94.3 Å². The predicted molar refractivity (Wildman–Crippen MR) is 60.5 cm³/mol. The third-order valence-corrected chi connectivity index (χ3v) is 3.25. The number of hydrogen-bond donors (Lipinski definition) is 1. The Morgan fingerprint density at radius 3 is 3.00 bits per heavy atom. The molecule has 1 rings (SSSR count). The molecule has 0 aliphatic heterocycles. The molecule has 0 bridgehead atoms. The fourth-order valence-corrected chi connectivity index (χ4v) is 2.13. The summed E-state index contributed by atoms with van der Waals surface area (Å²) in [6, 6.07) is 0. The van der Waals surface area contributed by atoms with Crippen LogP contribution in [0.1, 0.15) is 26.1 Å². The molecule has 1 aromatic rings. The first-order valence-corrected chi connectivity index (χ1v) is 6.37. The topological polar surface area (TPSA) is 63.8 Å². The van der Waals surface area contributed by atoms with E-state index in [0.717, 1.165) is 30.3 Å². The molecule has 0 aliphatic rings. The minimum atomic E-state index is 0.243. The molecule has 0 radical (unpaired) electrons. The van der Waals surface area contributed by atoms with Gasteiger partial charge in [-0.3, -0.25) is 0 Å². The molecule has 0 saturated heterocycles. The Balaban J connectivity index is 2.33. The largest absolute Gasteiger partial charge is 0.396 e. The van der Waals surface area contributed by atoms with E-state index in [9.17, 15) is 0 Å². The molecule has 1 aromatic heterocycles. The van der Waals surface area contributed by atoms with E-state index in [1.807, 2.05) is 11.6 Å². The lowest BCUT2D eigenvalue weighted by atomic mass is 10.2. The van der Waals surface area contributed by atoms with Gasteiger partial charge in [0, 0.05) is 13.2 Å². The van der Waals surface area contributed by atoms with Crippen LogP contribution in [0, 0.1) is 5.92 Å². The normalized spacial score (nSPS) is 13.0. The van der Waals surface area contributed by atoms with E-state index < -0.39 is 0 Å². The van der Waals surface area contributed by atoms with Crippen molar-refractivity contribution < 1.29 is 5.11 Å². The maximum Gasteiger partial charge on any atom is 0.161 e. The van der Waals surface area contributed by atoms with Gasteiger partial charge >= 0.3 is 0 Å². The van der Waals surface area contributed by atoms with Gasteiger partial charge in [0.15, 0.2) is 5.82 Å². The van der Waals surface area contributed by atoms with Crippen LogP contribution < -0.4 is 0 Å². The molecule has 0 aliphatic carbocycles. The van der Waals surface area contributed by atoms with Crippen LogP contribution in [0.4, 0.5) is 0 Å². The highest BCUT2D eigenvalue weighted by Crippen LogP contribution is 2.13. The predicted octanol–water partition coefficient (Wildman–Crippen LogP) is 0.945. The average molecular weight is 230 g/mol. The first-order valence-electron chi connectivity index (χ1n) is 5.21. The van der Waals surface area contributed by atoms with Crippen LogP contribution in [-0.2, 0) is 12.3 Å². The standard InChI is InChI=1S/C9H18N4OS/c1-3-4-13-9(10-11-12-13)7-15-6-8(2)5-14/h8,14H,3-7H2,1-2H3. The van der Waals surface area contributed by atoms with Crippen LogP contribution in [0.25, 0.3) is 0 Å². The SMILES string of the molecule is CCCn1nnnc1CSCC(C)CO. The zero-order valence-corrected chi connectivity index (χ0v) is 10.1. The third-order valence-electron chi connectivity index (χ3n) is 1.99. The number of nitrogens with zero attached hydrogens (tertiary/aromatic N) is 4. The highest BCUT2D eigenvalue weighted by atomic mass is 32.2. The van der Waals surface area contributed by atoms with Crippen molar-refractivity contribution in [3.8, 4) is 0 Å². The van der Waals surface area contributed by atoms with E-state index in [1.165, 1.54) is 0 Å². The lowest BCUT2D eigenvalue weighted by Gasteiger charge is -2.06. The number of hydrogen-bond acceptors (Lipinski definition) is 5. The maximum atomic E-state index is 8.87. The zero-order valence-electron chi connectivity index (χ0n) is 9.26. The molecule has 0 fully saturated rings. The summed E-state index contributed by atoms with van der Waals surface area (Å²) in [6.45, 7) is 5.25. The third kappa shape index (κ3) is 4.17. The van der Waals surface area contributed by atoms with Crippen LogP contribution in [0.5, 0.6) is 0 Å². The number of aromatic nitrogens is 4. The number of aliphatic hydroxyl groups excluding tert-OH is 1. The molecule has 0 aromatic carbocycles. The lowest BCUT2D eigenvalue weighted by molar-refractivity contribution is 0.250.